The molecule has 20 heavy (non-hydrogen) atoms. The summed E-state index contributed by atoms with van der Waals surface area (Å²) in [6, 6.07) is 1.55. The van der Waals surface area contributed by atoms with E-state index in [1.165, 1.54) is 19.3 Å². The molecule has 2 rings (SSSR count). The highest BCUT2D eigenvalue weighted by Gasteiger charge is 2.45. The number of amides is 1. The maximum atomic E-state index is 12.1. The van der Waals surface area contributed by atoms with Crippen LogP contribution in [0.1, 0.15) is 65.7 Å². The molecule has 0 aromatic rings. The Hall–Kier alpha value is -0.610. The summed E-state index contributed by atoms with van der Waals surface area (Å²) >= 11 is 0. The lowest BCUT2D eigenvalue weighted by Crippen LogP contribution is -2.61. The minimum Gasteiger partial charge on any atom is -0.368 e. The van der Waals surface area contributed by atoms with Gasteiger partial charge in [0.05, 0.1) is 5.54 Å². The molecular formula is C16H31N3O. The molecule has 4 heteroatoms. The number of hydrogen-bond acceptors (Lipinski definition) is 3. The summed E-state index contributed by atoms with van der Waals surface area (Å²) in [5, 5.41) is 3.57. The summed E-state index contributed by atoms with van der Waals surface area (Å²) in [6.45, 7) is 7.84. The molecule has 2 unspecified atom stereocenters. The van der Waals surface area contributed by atoms with E-state index < -0.39 is 5.54 Å². The first kappa shape index (κ1) is 15.8. The Morgan fingerprint density at radius 1 is 1.40 bits per heavy atom. The van der Waals surface area contributed by atoms with Crippen molar-refractivity contribution in [2.45, 2.75) is 89.4 Å². The smallest absolute Gasteiger partial charge is 0.237 e. The van der Waals surface area contributed by atoms with Gasteiger partial charge in [0.2, 0.25) is 5.91 Å². The van der Waals surface area contributed by atoms with Crippen LogP contribution < -0.4 is 11.1 Å². The lowest BCUT2D eigenvalue weighted by molar-refractivity contribution is -0.127. The molecule has 0 aromatic carbocycles. The summed E-state index contributed by atoms with van der Waals surface area (Å²) in [6.07, 6.45) is 7.64. The van der Waals surface area contributed by atoms with Crippen LogP contribution in [-0.4, -0.2) is 41.0 Å². The number of primary amides is 1. The predicted molar refractivity (Wildman–Crippen MR) is 82.5 cm³/mol. The SMILES string of the molecule is CCCN(C(C)C)C1CCCC(NC2CC2)(C(N)=O)C1. The maximum Gasteiger partial charge on any atom is 0.237 e. The van der Waals surface area contributed by atoms with Crippen LogP contribution in [0.4, 0.5) is 0 Å². The zero-order valence-corrected chi connectivity index (χ0v) is 13.3. The topological polar surface area (TPSA) is 58.4 Å². The number of nitrogens with two attached hydrogens (primary N) is 1. The highest BCUT2D eigenvalue weighted by molar-refractivity contribution is 5.85. The molecule has 0 heterocycles. The van der Waals surface area contributed by atoms with Gasteiger partial charge >= 0.3 is 0 Å². The fourth-order valence-corrected chi connectivity index (χ4v) is 3.69. The Labute approximate surface area is 123 Å². The zero-order chi connectivity index (χ0) is 14.8. The van der Waals surface area contributed by atoms with E-state index in [0.29, 0.717) is 18.1 Å². The first-order valence-electron chi connectivity index (χ1n) is 8.32. The fourth-order valence-electron chi connectivity index (χ4n) is 3.69. The fraction of sp³-hybridized carbons (Fsp3) is 0.938. The van der Waals surface area contributed by atoms with Crippen LogP contribution in [0.2, 0.25) is 0 Å². The third kappa shape index (κ3) is 3.53. The molecule has 2 fully saturated rings. The summed E-state index contributed by atoms with van der Waals surface area (Å²) in [5.41, 5.74) is 5.32. The lowest BCUT2D eigenvalue weighted by atomic mass is 9.77. The van der Waals surface area contributed by atoms with Crippen LogP contribution in [0.25, 0.3) is 0 Å². The summed E-state index contributed by atoms with van der Waals surface area (Å²) in [5.74, 6) is -0.144. The molecule has 2 atom stereocenters. The second-order valence-corrected chi connectivity index (χ2v) is 6.95. The van der Waals surface area contributed by atoms with Gasteiger partial charge in [-0.25, -0.2) is 0 Å². The average Bonchev–Trinajstić information content (AvgIpc) is 3.19. The molecule has 0 radical (unpaired) electrons. The van der Waals surface area contributed by atoms with Gasteiger partial charge in [-0.2, -0.15) is 0 Å². The van der Waals surface area contributed by atoms with Gasteiger partial charge in [0.25, 0.3) is 0 Å². The van der Waals surface area contributed by atoms with Crippen LogP contribution in [0.3, 0.4) is 0 Å². The minimum atomic E-state index is -0.453. The second kappa shape index (κ2) is 6.44. The van der Waals surface area contributed by atoms with Gasteiger partial charge in [-0.3, -0.25) is 9.69 Å². The highest BCUT2D eigenvalue weighted by atomic mass is 16.1. The second-order valence-electron chi connectivity index (χ2n) is 6.95. The normalized spacial score (nSPS) is 30.9. The van der Waals surface area contributed by atoms with Crippen molar-refractivity contribution < 1.29 is 4.79 Å². The predicted octanol–water partition coefficient (Wildman–Crippen LogP) is 2.03. The van der Waals surface area contributed by atoms with Crippen molar-refractivity contribution in [3.63, 3.8) is 0 Å². The van der Waals surface area contributed by atoms with Crippen molar-refractivity contribution in [2.24, 2.45) is 5.73 Å². The molecule has 2 aliphatic rings. The van der Waals surface area contributed by atoms with E-state index in [1.807, 2.05) is 0 Å². The molecule has 0 aromatic heterocycles. The van der Waals surface area contributed by atoms with Crippen LogP contribution in [0, 0.1) is 0 Å². The van der Waals surface area contributed by atoms with Crippen molar-refractivity contribution in [1.29, 1.82) is 0 Å². The molecule has 0 aliphatic heterocycles. The third-order valence-corrected chi connectivity index (χ3v) is 4.87. The van der Waals surface area contributed by atoms with Gasteiger partial charge in [-0.15, -0.1) is 0 Å². The van der Waals surface area contributed by atoms with Gasteiger partial charge in [-0.05, 0) is 65.3 Å². The molecule has 2 aliphatic carbocycles. The minimum absolute atomic E-state index is 0.144. The van der Waals surface area contributed by atoms with Crippen LogP contribution >= 0.6 is 0 Å². The van der Waals surface area contributed by atoms with E-state index in [1.54, 1.807) is 0 Å². The van der Waals surface area contributed by atoms with Gasteiger partial charge in [0.15, 0.2) is 0 Å². The van der Waals surface area contributed by atoms with Crippen molar-refractivity contribution in [3.8, 4) is 0 Å². The van der Waals surface area contributed by atoms with Crippen molar-refractivity contribution in [1.82, 2.24) is 10.2 Å². The van der Waals surface area contributed by atoms with Crippen molar-refractivity contribution in [2.75, 3.05) is 6.54 Å². The zero-order valence-electron chi connectivity index (χ0n) is 13.3. The third-order valence-electron chi connectivity index (χ3n) is 4.87. The number of nitrogens with zero attached hydrogens (tertiary/aromatic N) is 1. The molecule has 1 amide bonds. The Morgan fingerprint density at radius 2 is 2.10 bits per heavy atom. The quantitative estimate of drug-likeness (QED) is 0.750. The van der Waals surface area contributed by atoms with E-state index in [4.69, 9.17) is 5.73 Å². The number of rotatable bonds is 7. The molecule has 2 saturated carbocycles. The van der Waals surface area contributed by atoms with Gasteiger partial charge in [0, 0.05) is 18.1 Å². The Morgan fingerprint density at radius 3 is 2.60 bits per heavy atom. The largest absolute Gasteiger partial charge is 0.368 e. The maximum absolute atomic E-state index is 12.1. The Bertz CT molecular complexity index is 341. The molecular weight excluding hydrogens is 250 g/mol. The Balaban J connectivity index is 2.09. The van der Waals surface area contributed by atoms with Crippen molar-refractivity contribution >= 4 is 5.91 Å². The van der Waals surface area contributed by atoms with Crippen molar-refractivity contribution in [3.05, 3.63) is 0 Å². The molecule has 3 N–H and O–H groups in total. The summed E-state index contributed by atoms with van der Waals surface area (Å²) in [4.78, 5) is 14.6. The van der Waals surface area contributed by atoms with Crippen LogP contribution in [0.5, 0.6) is 0 Å². The first-order valence-corrected chi connectivity index (χ1v) is 8.32. The summed E-state index contributed by atoms with van der Waals surface area (Å²) in [7, 11) is 0. The molecule has 4 nitrogen and oxygen atoms in total. The van der Waals surface area contributed by atoms with Gasteiger partial charge in [0.1, 0.15) is 0 Å². The number of carbonyl (C=O) groups excluding carboxylic acids is 1. The monoisotopic (exact) mass is 281 g/mol. The standard InChI is InChI=1S/C16H31N3O/c1-4-10-19(12(2)3)14-6-5-9-16(11-14,15(17)20)18-13-7-8-13/h12-14,18H,4-11H2,1-3H3,(H2,17,20). The number of hydrogen-bond donors (Lipinski definition) is 2. The number of nitrogens with one attached hydrogen (secondary N) is 1. The van der Waals surface area contributed by atoms with Gasteiger partial charge in [-0.1, -0.05) is 6.92 Å². The molecule has 116 valence electrons. The highest BCUT2D eigenvalue weighted by Crippen LogP contribution is 2.35. The molecule has 0 spiro atoms. The van der Waals surface area contributed by atoms with E-state index in [0.717, 1.165) is 32.2 Å². The van der Waals surface area contributed by atoms with E-state index >= 15 is 0 Å². The van der Waals surface area contributed by atoms with Gasteiger partial charge < -0.3 is 11.1 Å². The molecule has 0 bridgehead atoms. The van der Waals surface area contributed by atoms with Crippen LogP contribution in [0.15, 0.2) is 0 Å². The van der Waals surface area contributed by atoms with E-state index in [9.17, 15) is 4.79 Å². The van der Waals surface area contributed by atoms with E-state index in [2.05, 4.69) is 31.0 Å². The molecule has 0 saturated heterocycles. The number of carbonyl (C=O) groups is 1. The van der Waals surface area contributed by atoms with Crippen LogP contribution in [-0.2, 0) is 4.79 Å². The first-order chi connectivity index (χ1) is 9.48. The summed E-state index contributed by atoms with van der Waals surface area (Å²) < 4.78 is 0. The van der Waals surface area contributed by atoms with E-state index in [-0.39, 0.29) is 5.91 Å². The average molecular weight is 281 g/mol. The lowest BCUT2D eigenvalue weighted by Gasteiger charge is -2.45. The Kier molecular flexibility index (Phi) is 5.08.